The predicted octanol–water partition coefficient (Wildman–Crippen LogP) is 3.06. The molecule has 2 amide bonds. The summed E-state index contributed by atoms with van der Waals surface area (Å²) in [5, 5.41) is 6.26. The summed E-state index contributed by atoms with van der Waals surface area (Å²) in [7, 11) is 0. The van der Waals surface area contributed by atoms with Gasteiger partial charge in [0.25, 0.3) is 0 Å². The first-order valence-electron chi connectivity index (χ1n) is 8.58. The van der Waals surface area contributed by atoms with Gasteiger partial charge in [0.1, 0.15) is 0 Å². The fourth-order valence-electron chi connectivity index (χ4n) is 3.68. The highest BCUT2D eigenvalue weighted by atomic mass is 16.2. The van der Waals surface area contributed by atoms with Crippen molar-refractivity contribution < 1.29 is 4.79 Å². The molecule has 0 radical (unpaired) electrons. The number of urea groups is 1. The van der Waals surface area contributed by atoms with E-state index in [1.54, 1.807) is 0 Å². The molecule has 0 aromatic heterocycles. The fourth-order valence-corrected chi connectivity index (χ4v) is 3.68. The second-order valence-corrected chi connectivity index (χ2v) is 6.67. The minimum Gasteiger partial charge on any atom is -0.335 e. The summed E-state index contributed by atoms with van der Waals surface area (Å²) in [5.74, 6) is 0. The Labute approximate surface area is 133 Å². The van der Waals surface area contributed by atoms with E-state index >= 15 is 0 Å². The first-order chi connectivity index (χ1) is 10.7. The van der Waals surface area contributed by atoms with E-state index in [2.05, 4.69) is 52.8 Å². The average Bonchev–Trinajstić information content (AvgIpc) is 3.19. The highest BCUT2D eigenvalue weighted by Gasteiger charge is 2.28. The van der Waals surface area contributed by atoms with Gasteiger partial charge in [-0.3, -0.25) is 4.90 Å². The molecule has 1 aliphatic heterocycles. The fraction of sp³-hybridized carbons (Fsp3) is 0.611. The molecule has 22 heavy (non-hydrogen) atoms. The molecule has 2 fully saturated rings. The number of nitrogens with zero attached hydrogens (tertiary/aromatic N) is 1. The van der Waals surface area contributed by atoms with Crippen molar-refractivity contribution >= 4 is 6.03 Å². The summed E-state index contributed by atoms with van der Waals surface area (Å²) in [4.78, 5) is 14.5. The third kappa shape index (κ3) is 3.80. The summed E-state index contributed by atoms with van der Waals surface area (Å²) in [5.41, 5.74) is 1.35. The third-order valence-corrected chi connectivity index (χ3v) is 5.07. The summed E-state index contributed by atoms with van der Waals surface area (Å²) in [6, 6.07) is 11.7. The lowest BCUT2D eigenvalue weighted by Gasteiger charge is -2.25. The lowest BCUT2D eigenvalue weighted by atomic mass is 10.1. The highest BCUT2D eigenvalue weighted by molar-refractivity contribution is 5.74. The van der Waals surface area contributed by atoms with Crippen LogP contribution < -0.4 is 10.6 Å². The Hall–Kier alpha value is -1.55. The molecule has 3 rings (SSSR count). The van der Waals surface area contributed by atoms with Crippen molar-refractivity contribution in [2.75, 3.05) is 13.1 Å². The number of rotatable bonds is 4. The van der Waals surface area contributed by atoms with Crippen LogP contribution in [-0.2, 0) is 0 Å². The maximum atomic E-state index is 12.1. The van der Waals surface area contributed by atoms with Crippen LogP contribution in [0.2, 0.25) is 0 Å². The van der Waals surface area contributed by atoms with Crippen molar-refractivity contribution in [3.8, 4) is 0 Å². The SMILES string of the molecule is C[C@@H](c1ccccc1)N1CC[C@H](NC(=O)NC2CCCC2)C1. The monoisotopic (exact) mass is 301 g/mol. The maximum Gasteiger partial charge on any atom is 0.315 e. The Balaban J connectivity index is 1.46. The van der Waals surface area contributed by atoms with Crippen LogP contribution in [0.4, 0.5) is 4.79 Å². The van der Waals surface area contributed by atoms with Gasteiger partial charge in [0, 0.05) is 31.2 Å². The minimum absolute atomic E-state index is 0.0196. The van der Waals surface area contributed by atoms with Crippen LogP contribution in [0.5, 0.6) is 0 Å². The molecule has 1 saturated carbocycles. The van der Waals surface area contributed by atoms with Gasteiger partial charge in [-0.1, -0.05) is 43.2 Å². The first kappa shape index (κ1) is 15.3. The van der Waals surface area contributed by atoms with Gasteiger partial charge < -0.3 is 10.6 Å². The molecule has 1 saturated heterocycles. The predicted molar refractivity (Wildman–Crippen MR) is 88.8 cm³/mol. The zero-order valence-electron chi connectivity index (χ0n) is 13.4. The van der Waals surface area contributed by atoms with Crippen molar-refractivity contribution in [2.45, 2.75) is 57.2 Å². The molecule has 1 aromatic carbocycles. The van der Waals surface area contributed by atoms with Crippen molar-refractivity contribution in [3.05, 3.63) is 35.9 Å². The Morgan fingerprint density at radius 2 is 1.77 bits per heavy atom. The smallest absolute Gasteiger partial charge is 0.315 e. The normalized spacial score (nSPS) is 24.3. The average molecular weight is 301 g/mol. The molecule has 0 spiro atoms. The van der Waals surface area contributed by atoms with Gasteiger partial charge in [0.2, 0.25) is 0 Å². The van der Waals surface area contributed by atoms with E-state index in [1.165, 1.54) is 18.4 Å². The number of hydrogen-bond acceptors (Lipinski definition) is 2. The van der Waals surface area contributed by atoms with Crippen LogP contribution in [0.3, 0.4) is 0 Å². The van der Waals surface area contributed by atoms with Crippen molar-refractivity contribution in [1.82, 2.24) is 15.5 Å². The largest absolute Gasteiger partial charge is 0.335 e. The number of carbonyl (C=O) groups is 1. The van der Waals surface area contributed by atoms with E-state index in [4.69, 9.17) is 0 Å². The van der Waals surface area contributed by atoms with E-state index in [9.17, 15) is 4.79 Å². The number of nitrogens with one attached hydrogen (secondary N) is 2. The van der Waals surface area contributed by atoms with Gasteiger partial charge in [-0.25, -0.2) is 4.79 Å². The molecule has 1 aliphatic carbocycles. The maximum absolute atomic E-state index is 12.1. The zero-order valence-corrected chi connectivity index (χ0v) is 13.4. The Kier molecular flexibility index (Phi) is 4.98. The van der Waals surface area contributed by atoms with E-state index in [0.717, 1.165) is 32.4 Å². The molecular formula is C18H27N3O. The molecule has 0 bridgehead atoms. The number of hydrogen-bond donors (Lipinski definition) is 2. The molecule has 2 atom stereocenters. The van der Waals surface area contributed by atoms with Crippen molar-refractivity contribution in [2.24, 2.45) is 0 Å². The van der Waals surface area contributed by atoms with E-state index in [0.29, 0.717) is 12.1 Å². The second-order valence-electron chi connectivity index (χ2n) is 6.67. The molecule has 2 aliphatic rings. The van der Waals surface area contributed by atoms with Crippen molar-refractivity contribution in [1.29, 1.82) is 0 Å². The quantitative estimate of drug-likeness (QED) is 0.897. The second kappa shape index (κ2) is 7.14. The Morgan fingerprint density at radius 3 is 2.50 bits per heavy atom. The van der Waals surface area contributed by atoms with E-state index < -0.39 is 0 Å². The Morgan fingerprint density at radius 1 is 1.09 bits per heavy atom. The van der Waals surface area contributed by atoms with Crippen LogP contribution in [0.15, 0.2) is 30.3 Å². The van der Waals surface area contributed by atoms with Crippen LogP contribution in [-0.4, -0.2) is 36.1 Å². The Bertz CT molecular complexity index is 484. The molecule has 4 nitrogen and oxygen atoms in total. The first-order valence-corrected chi connectivity index (χ1v) is 8.58. The minimum atomic E-state index is 0.0196. The van der Waals surface area contributed by atoms with Gasteiger partial charge in [0.15, 0.2) is 0 Å². The van der Waals surface area contributed by atoms with Crippen molar-refractivity contribution in [3.63, 3.8) is 0 Å². The lowest BCUT2D eigenvalue weighted by molar-refractivity contribution is 0.228. The summed E-state index contributed by atoms with van der Waals surface area (Å²) in [6.45, 7) is 4.23. The molecular weight excluding hydrogens is 274 g/mol. The van der Waals surface area contributed by atoms with E-state index in [1.807, 2.05) is 0 Å². The summed E-state index contributed by atoms with van der Waals surface area (Å²) >= 11 is 0. The van der Waals surface area contributed by atoms with Crippen LogP contribution in [0.25, 0.3) is 0 Å². The topological polar surface area (TPSA) is 44.4 Å². The standard InChI is InChI=1S/C18H27N3O/c1-14(15-7-3-2-4-8-15)21-12-11-17(13-21)20-18(22)19-16-9-5-6-10-16/h2-4,7-8,14,16-17H,5-6,9-13H2,1H3,(H2,19,20,22)/t14-,17-/m0/s1. The summed E-state index contributed by atoms with van der Waals surface area (Å²) in [6.07, 6.45) is 5.80. The number of amides is 2. The van der Waals surface area contributed by atoms with Crippen LogP contribution >= 0.6 is 0 Å². The molecule has 1 aromatic rings. The zero-order chi connectivity index (χ0) is 15.4. The van der Waals surface area contributed by atoms with Gasteiger partial charge >= 0.3 is 6.03 Å². The third-order valence-electron chi connectivity index (χ3n) is 5.07. The van der Waals surface area contributed by atoms with Gasteiger partial charge in [-0.15, -0.1) is 0 Å². The van der Waals surface area contributed by atoms with Crippen LogP contribution in [0.1, 0.15) is 50.6 Å². The van der Waals surface area contributed by atoms with Crippen LogP contribution in [0, 0.1) is 0 Å². The number of likely N-dealkylation sites (tertiary alicyclic amines) is 1. The van der Waals surface area contributed by atoms with Gasteiger partial charge in [-0.2, -0.15) is 0 Å². The number of benzene rings is 1. The van der Waals surface area contributed by atoms with Gasteiger partial charge in [-0.05, 0) is 31.7 Å². The molecule has 2 N–H and O–H groups in total. The lowest BCUT2D eigenvalue weighted by Crippen LogP contribution is -2.46. The molecule has 120 valence electrons. The molecule has 1 heterocycles. The highest BCUT2D eigenvalue weighted by Crippen LogP contribution is 2.24. The summed E-state index contributed by atoms with van der Waals surface area (Å²) < 4.78 is 0. The molecule has 0 unspecified atom stereocenters. The molecule has 4 heteroatoms. The van der Waals surface area contributed by atoms with Gasteiger partial charge in [0.05, 0.1) is 0 Å². The van der Waals surface area contributed by atoms with E-state index in [-0.39, 0.29) is 12.1 Å². The number of carbonyl (C=O) groups excluding carboxylic acids is 1.